The van der Waals surface area contributed by atoms with Crippen LogP contribution in [0.5, 0.6) is 11.5 Å². The summed E-state index contributed by atoms with van der Waals surface area (Å²) in [6.07, 6.45) is 0. The van der Waals surface area contributed by atoms with E-state index in [9.17, 15) is 4.79 Å². The zero-order chi connectivity index (χ0) is 25.6. The Balaban J connectivity index is 1.51. The molecule has 0 saturated heterocycles. The Hall–Kier alpha value is -2.54. The number of ether oxygens (including phenoxy) is 3. The van der Waals surface area contributed by atoms with Crippen molar-refractivity contribution in [2.24, 2.45) is 0 Å². The first-order valence-corrected chi connectivity index (χ1v) is 14.0. The molecule has 0 radical (unpaired) electrons. The summed E-state index contributed by atoms with van der Waals surface area (Å²) >= 11 is -0.233. The molecule has 0 aliphatic rings. The number of aryl methyl sites for hydroxylation is 1. The molecule has 0 bridgehead atoms. The normalized spacial score (nSPS) is 11.7. The SMILES string of the molecule is Cc1cc(OCc2ccc(OCC(=O)OC(C)(C)C)cc2)ccc1[I+]c1ccc(C(C)(C)C)cc1. The molecular weight excluding hydrogens is 551 g/mol. The molecule has 5 heteroatoms. The Morgan fingerprint density at radius 3 is 2.00 bits per heavy atom. The summed E-state index contributed by atoms with van der Waals surface area (Å²) in [6.45, 7) is 14.8. The highest BCUT2D eigenvalue weighted by atomic mass is 127. The molecule has 3 aromatic rings. The molecule has 0 N–H and O–H groups in total. The molecule has 186 valence electrons. The first-order chi connectivity index (χ1) is 16.4. The highest BCUT2D eigenvalue weighted by Crippen LogP contribution is 2.21. The number of halogens is 1. The lowest BCUT2D eigenvalue weighted by Crippen LogP contribution is -3.61. The zero-order valence-electron chi connectivity index (χ0n) is 21.8. The van der Waals surface area contributed by atoms with Crippen LogP contribution in [0.1, 0.15) is 58.2 Å². The van der Waals surface area contributed by atoms with Crippen LogP contribution in [0.25, 0.3) is 0 Å². The number of rotatable bonds is 8. The molecule has 3 rings (SSSR count). The second kappa shape index (κ2) is 11.5. The zero-order valence-corrected chi connectivity index (χ0v) is 23.9. The predicted molar refractivity (Wildman–Crippen MR) is 136 cm³/mol. The molecule has 0 spiro atoms. The van der Waals surface area contributed by atoms with Crippen molar-refractivity contribution in [3.63, 3.8) is 0 Å². The van der Waals surface area contributed by atoms with Crippen LogP contribution in [0, 0.1) is 14.1 Å². The van der Waals surface area contributed by atoms with Crippen molar-refractivity contribution in [1.82, 2.24) is 0 Å². The van der Waals surface area contributed by atoms with E-state index in [2.05, 4.69) is 70.2 Å². The standard InChI is InChI=1S/C30H36IO4/c1-21-18-26(16-17-27(21)31-24-12-10-23(11-13-24)29(2,3)4)33-19-22-8-14-25(15-9-22)34-20-28(32)35-30(5,6)7/h8-18H,19-20H2,1-7H3/q+1. The van der Waals surface area contributed by atoms with E-state index in [-0.39, 0.29) is 39.2 Å². The topological polar surface area (TPSA) is 44.8 Å². The lowest BCUT2D eigenvalue weighted by molar-refractivity contribution is -0.598. The highest BCUT2D eigenvalue weighted by molar-refractivity contribution is 5.71. The number of hydrogen-bond acceptors (Lipinski definition) is 4. The van der Waals surface area contributed by atoms with Gasteiger partial charge in [0.15, 0.2) is 13.7 Å². The number of carbonyl (C=O) groups is 1. The second-order valence-corrected chi connectivity index (χ2v) is 13.5. The summed E-state index contributed by atoms with van der Waals surface area (Å²) in [7, 11) is 0. The molecule has 0 heterocycles. The summed E-state index contributed by atoms with van der Waals surface area (Å²) in [5, 5.41) is 0. The minimum Gasteiger partial charge on any atom is -0.489 e. The third-order valence-electron chi connectivity index (χ3n) is 5.16. The first kappa shape index (κ1) is 27.1. The van der Waals surface area contributed by atoms with E-state index in [1.165, 1.54) is 18.3 Å². The third kappa shape index (κ3) is 8.88. The molecule has 0 saturated carbocycles. The quantitative estimate of drug-likeness (QED) is 0.298. The van der Waals surface area contributed by atoms with Crippen molar-refractivity contribution in [2.75, 3.05) is 6.61 Å². The van der Waals surface area contributed by atoms with Crippen molar-refractivity contribution < 1.29 is 40.2 Å². The minimum absolute atomic E-state index is 0.109. The van der Waals surface area contributed by atoms with Gasteiger partial charge in [0.05, 0.1) is 0 Å². The van der Waals surface area contributed by atoms with Gasteiger partial charge in [0.1, 0.15) is 23.7 Å². The van der Waals surface area contributed by atoms with Crippen LogP contribution in [0.4, 0.5) is 0 Å². The number of hydrogen-bond donors (Lipinski definition) is 0. The van der Waals surface area contributed by atoms with E-state index in [0.29, 0.717) is 12.4 Å². The molecule has 0 unspecified atom stereocenters. The van der Waals surface area contributed by atoms with Crippen molar-refractivity contribution in [2.45, 2.75) is 66.1 Å². The molecule has 3 aromatic carbocycles. The van der Waals surface area contributed by atoms with Gasteiger partial charge >= 0.3 is 27.2 Å². The Morgan fingerprint density at radius 1 is 0.800 bits per heavy atom. The molecular formula is C30H36IO4+. The molecule has 0 amide bonds. The lowest BCUT2D eigenvalue weighted by atomic mass is 9.87. The largest absolute Gasteiger partial charge is 0.489 e. The maximum atomic E-state index is 11.8. The smallest absolute Gasteiger partial charge is 0.358 e. The van der Waals surface area contributed by atoms with E-state index in [1.807, 2.05) is 45.0 Å². The van der Waals surface area contributed by atoms with Crippen molar-refractivity contribution in [3.05, 3.63) is 90.6 Å². The van der Waals surface area contributed by atoms with Gasteiger partial charge in [0.2, 0.25) is 0 Å². The van der Waals surface area contributed by atoms with Gasteiger partial charge in [-0.3, -0.25) is 0 Å². The van der Waals surface area contributed by atoms with Crippen LogP contribution >= 0.6 is 0 Å². The van der Waals surface area contributed by atoms with Gasteiger partial charge in [-0.05, 0) is 86.7 Å². The molecule has 35 heavy (non-hydrogen) atoms. The average molecular weight is 588 g/mol. The maximum Gasteiger partial charge on any atom is 0.358 e. The summed E-state index contributed by atoms with van der Waals surface area (Å²) in [4.78, 5) is 11.8. The minimum atomic E-state index is -0.516. The molecule has 0 aromatic heterocycles. The van der Waals surface area contributed by atoms with Gasteiger partial charge < -0.3 is 14.2 Å². The third-order valence-corrected chi connectivity index (χ3v) is 8.29. The Kier molecular flexibility index (Phi) is 8.86. The van der Waals surface area contributed by atoms with Crippen LogP contribution < -0.4 is 30.7 Å². The van der Waals surface area contributed by atoms with E-state index < -0.39 is 5.60 Å². The van der Waals surface area contributed by atoms with Gasteiger partial charge in [-0.2, -0.15) is 0 Å². The summed E-state index contributed by atoms with van der Waals surface area (Å²) in [5.74, 6) is 1.11. The molecule has 0 aliphatic heterocycles. The Labute approximate surface area is 220 Å². The van der Waals surface area contributed by atoms with Gasteiger partial charge in [0.25, 0.3) is 0 Å². The summed E-state index contributed by atoms with van der Waals surface area (Å²) < 4.78 is 19.6. The van der Waals surface area contributed by atoms with Gasteiger partial charge in [-0.15, -0.1) is 0 Å². The van der Waals surface area contributed by atoms with Crippen molar-refractivity contribution >= 4 is 5.97 Å². The van der Waals surface area contributed by atoms with Crippen molar-refractivity contribution in [3.8, 4) is 11.5 Å². The van der Waals surface area contributed by atoms with E-state index in [4.69, 9.17) is 14.2 Å². The van der Waals surface area contributed by atoms with E-state index >= 15 is 0 Å². The fourth-order valence-corrected chi connectivity index (χ4v) is 5.64. The summed E-state index contributed by atoms with van der Waals surface area (Å²) in [6, 6.07) is 23.0. The van der Waals surface area contributed by atoms with E-state index in [0.717, 1.165) is 11.3 Å². The van der Waals surface area contributed by atoms with Crippen LogP contribution in [-0.4, -0.2) is 18.2 Å². The van der Waals surface area contributed by atoms with Crippen LogP contribution in [0.2, 0.25) is 0 Å². The average Bonchev–Trinajstić information content (AvgIpc) is 2.77. The molecule has 4 nitrogen and oxygen atoms in total. The van der Waals surface area contributed by atoms with Crippen LogP contribution in [0.3, 0.4) is 0 Å². The molecule has 0 aliphatic carbocycles. The van der Waals surface area contributed by atoms with Crippen LogP contribution in [0.15, 0.2) is 66.7 Å². The second-order valence-electron chi connectivity index (χ2n) is 10.6. The fourth-order valence-electron chi connectivity index (χ4n) is 3.31. The van der Waals surface area contributed by atoms with Gasteiger partial charge in [0, 0.05) is 5.56 Å². The van der Waals surface area contributed by atoms with Gasteiger partial charge in [-0.25, -0.2) is 4.79 Å². The summed E-state index contributed by atoms with van der Waals surface area (Å²) in [5.41, 5.74) is 3.33. The fraction of sp³-hybridized carbons (Fsp3) is 0.367. The maximum absolute atomic E-state index is 11.8. The number of benzene rings is 3. The Bertz CT molecular complexity index is 1120. The number of carbonyl (C=O) groups excluding carboxylic acids is 1. The van der Waals surface area contributed by atoms with E-state index in [1.54, 1.807) is 0 Å². The van der Waals surface area contributed by atoms with Crippen molar-refractivity contribution in [1.29, 1.82) is 0 Å². The van der Waals surface area contributed by atoms with Crippen LogP contribution in [-0.2, 0) is 21.6 Å². The molecule has 0 fully saturated rings. The highest BCUT2D eigenvalue weighted by Gasteiger charge is 2.21. The van der Waals surface area contributed by atoms with Gasteiger partial charge in [-0.1, -0.05) is 45.0 Å². The monoisotopic (exact) mass is 587 g/mol. The Morgan fingerprint density at radius 2 is 1.43 bits per heavy atom. The number of esters is 1. The first-order valence-electron chi connectivity index (χ1n) is 11.8. The lowest BCUT2D eigenvalue weighted by Gasteiger charge is -2.19. The molecule has 0 atom stereocenters. The predicted octanol–water partition coefficient (Wildman–Crippen LogP) is 3.72.